The smallest absolute Gasteiger partial charge is 0.267 e. The average Bonchev–Trinajstić information content (AvgIpc) is 3.15. The summed E-state index contributed by atoms with van der Waals surface area (Å²) in [5.41, 5.74) is 8.86. The lowest BCUT2D eigenvalue weighted by Crippen LogP contribution is -2.16. The minimum absolute atomic E-state index is 0.541. The van der Waals surface area contributed by atoms with E-state index in [-0.39, 0.29) is 0 Å². The zero-order chi connectivity index (χ0) is 20.1. The molecule has 0 atom stereocenters. The first kappa shape index (κ1) is 19.4. The molecule has 0 unspecified atom stereocenters. The fraction of sp³-hybridized carbons (Fsp3) is 0.261. The highest BCUT2D eigenvalue weighted by molar-refractivity contribution is 5.90. The van der Waals surface area contributed by atoms with Crippen molar-refractivity contribution >= 4 is 22.9 Å². The number of aromatic amines is 1. The van der Waals surface area contributed by atoms with Crippen molar-refractivity contribution in [3.05, 3.63) is 76.5 Å². The zero-order valence-electron chi connectivity index (χ0n) is 16.2. The number of hydroxylamine groups is 1. The maximum Gasteiger partial charge on any atom is 0.267 e. The molecule has 4 rings (SSSR count). The van der Waals surface area contributed by atoms with E-state index in [0.717, 1.165) is 38.1 Å². The molecule has 6 nitrogen and oxygen atoms in total. The lowest BCUT2D eigenvalue weighted by Gasteiger charge is -2.11. The SMILES string of the molecule is O=C(/C=C/c1ccc(CNCCc2cccc3c4c([nH]c23)COCC4)cc1)NO. The topological polar surface area (TPSA) is 86.4 Å². The summed E-state index contributed by atoms with van der Waals surface area (Å²) in [6, 6.07) is 14.5. The van der Waals surface area contributed by atoms with E-state index in [1.54, 1.807) is 11.6 Å². The Bertz CT molecular complexity index is 1020. The van der Waals surface area contributed by atoms with Gasteiger partial charge in [0.05, 0.1) is 13.2 Å². The number of rotatable bonds is 7. The Labute approximate surface area is 169 Å². The first-order valence-corrected chi connectivity index (χ1v) is 9.85. The largest absolute Gasteiger partial charge is 0.375 e. The van der Waals surface area contributed by atoms with Gasteiger partial charge in [0, 0.05) is 29.2 Å². The van der Waals surface area contributed by atoms with Crippen LogP contribution < -0.4 is 10.8 Å². The standard InChI is InChI=1S/C23H25N3O3/c27-22(26-28)9-8-16-4-6-17(7-5-16)14-24-12-10-18-2-1-3-20-19-11-13-29-15-21(19)25-23(18)20/h1-9,24-25,28H,10-15H2,(H,26,27)/b9-8+. The molecular weight excluding hydrogens is 366 g/mol. The molecule has 0 saturated carbocycles. The van der Waals surface area contributed by atoms with Crippen LogP contribution in [0.15, 0.2) is 48.5 Å². The van der Waals surface area contributed by atoms with Crippen molar-refractivity contribution < 1.29 is 14.7 Å². The Balaban J connectivity index is 1.32. The molecule has 1 aliphatic heterocycles. The number of H-pyrrole nitrogens is 1. The van der Waals surface area contributed by atoms with Gasteiger partial charge in [0.15, 0.2) is 0 Å². The van der Waals surface area contributed by atoms with E-state index < -0.39 is 5.91 Å². The summed E-state index contributed by atoms with van der Waals surface area (Å²) >= 11 is 0. The molecule has 2 heterocycles. The zero-order valence-corrected chi connectivity index (χ0v) is 16.2. The molecule has 4 N–H and O–H groups in total. The molecule has 2 aromatic carbocycles. The molecule has 6 heteroatoms. The van der Waals surface area contributed by atoms with Gasteiger partial charge in [-0.1, -0.05) is 42.5 Å². The monoisotopic (exact) mass is 391 g/mol. The van der Waals surface area contributed by atoms with Crippen LogP contribution in [0, 0.1) is 0 Å². The van der Waals surface area contributed by atoms with Crippen molar-refractivity contribution in [2.45, 2.75) is 26.0 Å². The van der Waals surface area contributed by atoms with E-state index in [1.165, 1.54) is 39.4 Å². The molecule has 0 aliphatic carbocycles. The maximum atomic E-state index is 11.0. The minimum Gasteiger partial charge on any atom is -0.375 e. The summed E-state index contributed by atoms with van der Waals surface area (Å²) in [7, 11) is 0. The number of nitrogens with one attached hydrogen (secondary N) is 3. The number of hydrogen-bond donors (Lipinski definition) is 4. The van der Waals surface area contributed by atoms with Crippen LogP contribution in [0.4, 0.5) is 0 Å². The fourth-order valence-electron chi connectivity index (χ4n) is 3.77. The Kier molecular flexibility index (Phi) is 6.05. The van der Waals surface area contributed by atoms with Gasteiger partial charge in [-0.2, -0.15) is 0 Å². The van der Waals surface area contributed by atoms with E-state index in [9.17, 15) is 4.79 Å². The number of aromatic nitrogens is 1. The third-order valence-corrected chi connectivity index (χ3v) is 5.28. The summed E-state index contributed by atoms with van der Waals surface area (Å²) in [6.07, 6.45) is 4.88. The van der Waals surface area contributed by atoms with E-state index in [4.69, 9.17) is 9.94 Å². The van der Waals surface area contributed by atoms with Crippen LogP contribution in [0.3, 0.4) is 0 Å². The first-order chi connectivity index (χ1) is 14.2. The molecular formula is C23H25N3O3. The van der Waals surface area contributed by atoms with Crippen molar-refractivity contribution in [3.63, 3.8) is 0 Å². The normalized spacial score (nSPS) is 13.7. The second-order valence-electron chi connectivity index (χ2n) is 7.20. The van der Waals surface area contributed by atoms with Gasteiger partial charge in [-0.15, -0.1) is 0 Å². The van der Waals surface area contributed by atoms with E-state index in [1.807, 2.05) is 24.3 Å². The summed E-state index contributed by atoms with van der Waals surface area (Å²) in [4.78, 5) is 14.6. The summed E-state index contributed by atoms with van der Waals surface area (Å²) in [6.45, 7) is 3.15. The third-order valence-electron chi connectivity index (χ3n) is 5.28. The molecule has 0 bridgehead atoms. The summed E-state index contributed by atoms with van der Waals surface area (Å²) < 4.78 is 5.58. The van der Waals surface area contributed by atoms with Gasteiger partial charge < -0.3 is 15.0 Å². The molecule has 29 heavy (non-hydrogen) atoms. The average molecular weight is 391 g/mol. The van der Waals surface area contributed by atoms with Gasteiger partial charge in [-0.05, 0) is 47.7 Å². The van der Waals surface area contributed by atoms with Crippen molar-refractivity contribution in [2.24, 2.45) is 0 Å². The lowest BCUT2D eigenvalue weighted by molar-refractivity contribution is -0.124. The molecule has 0 spiro atoms. The van der Waals surface area contributed by atoms with Crippen LogP contribution in [0.25, 0.3) is 17.0 Å². The van der Waals surface area contributed by atoms with E-state index in [0.29, 0.717) is 6.61 Å². The molecule has 0 saturated heterocycles. The van der Waals surface area contributed by atoms with Crippen LogP contribution in [0.5, 0.6) is 0 Å². The van der Waals surface area contributed by atoms with Crippen molar-refractivity contribution in [2.75, 3.05) is 13.2 Å². The molecule has 150 valence electrons. The van der Waals surface area contributed by atoms with Crippen molar-refractivity contribution in [3.8, 4) is 0 Å². The molecule has 0 radical (unpaired) electrons. The Morgan fingerprint density at radius 2 is 2.07 bits per heavy atom. The van der Waals surface area contributed by atoms with Crippen LogP contribution >= 0.6 is 0 Å². The number of benzene rings is 2. The Hall–Kier alpha value is -2.93. The number of amides is 1. The highest BCUT2D eigenvalue weighted by Gasteiger charge is 2.16. The van der Waals surface area contributed by atoms with Gasteiger partial charge >= 0.3 is 0 Å². The van der Waals surface area contributed by atoms with Gasteiger partial charge in [-0.25, -0.2) is 5.48 Å². The predicted octanol–water partition coefficient (Wildman–Crippen LogP) is 3.09. The number of fused-ring (bicyclic) bond motifs is 3. The summed E-state index contributed by atoms with van der Waals surface area (Å²) in [5.74, 6) is -0.541. The van der Waals surface area contributed by atoms with Crippen LogP contribution in [0.1, 0.15) is 27.9 Å². The van der Waals surface area contributed by atoms with Gasteiger partial charge in [0.2, 0.25) is 0 Å². The molecule has 0 fully saturated rings. The number of ether oxygens (including phenoxy) is 1. The van der Waals surface area contributed by atoms with Crippen LogP contribution in [-0.4, -0.2) is 29.3 Å². The minimum atomic E-state index is -0.541. The maximum absolute atomic E-state index is 11.0. The third kappa shape index (κ3) is 4.56. The van der Waals surface area contributed by atoms with Crippen molar-refractivity contribution in [1.29, 1.82) is 0 Å². The quantitative estimate of drug-likeness (QED) is 0.216. The molecule has 1 amide bonds. The molecule has 1 aromatic heterocycles. The van der Waals surface area contributed by atoms with E-state index in [2.05, 4.69) is 28.5 Å². The number of carbonyl (C=O) groups excluding carboxylic acids is 1. The number of hydrogen-bond acceptors (Lipinski definition) is 4. The van der Waals surface area contributed by atoms with Gasteiger partial charge in [-0.3, -0.25) is 10.0 Å². The molecule has 1 aliphatic rings. The summed E-state index contributed by atoms with van der Waals surface area (Å²) in [5, 5.41) is 13.3. The fourth-order valence-corrected chi connectivity index (χ4v) is 3.77. The molecule has 3 aromatic rings. The number of carbonyl (C=O) groups is 1. The lowest BCUT2D eigenvalue weighted by atomic mass is 10.0. The Morgan fingerprint density at radius 1 is 1.21 bits per heavy atom. The predicted molar refractivity (Wildman–Crippen MR) is 112 cm³/mol. The highest BCUT2D eigenvalue weighted by atomic mass is 16.5. The van der Waals surface area contributed by atoms with E-state index >= 15 is 0 Å². The second-order valence-corrected chi connectivity index (χ2v) is 7.20. The Morgan fingerprint density at radius 3 is 2.90 bits per heavy atom. The van der Waals surface area contributed by atoms with Gasteiger partial charge in [0.1, 0.15) is 0 Å². The van der Waals surface area contributed by atoms with Gasteiger partial charge in [0.25, 0.3) is 5.91 Å². The van der Waals surface area contributed by atoms with Crippen LogP contribution in [0.2, 0.25) is 0 Å². The van der Waals surface area contributed by atoms with Crippen molar-refractivity contribution in [1.82, 2.24) is 15.8 Å². The van der Waals surface area contributed by atoms with Crippen LogP contribution in [-0.2, 0) is 35.5 Å². The first-order valence-electron chi connectivity index (χ1n) is 9.85. The second kappa shape index (κ2) is 9.05. The number of para-hydroxylation sites is 1. The highest BCUT2D eigenvalue weighted by Crippen LogP contribution is 2.28.